The molecule has 3 aromatic rings. The molecular weight excluding hydrogens is 323 g/mol. The van der Waals surface area contributed by atoms with Gasteiger partial charge in [-0.15, -0.1) is 5.10 Å². The van der Waals surface area contributed by atoms with Crippen LogP contribution in [0.2, 0.25) is 0 Å². The van der Waals surface area contributed by atoms with E-state index in [2.05, 4.69) is 14.5 Å². The zero-order chi connectivity index (χ0) is 16.4. The maximum Gasteiger partial charge on any atom is 0.488 e. The highest BCUT2D eigenvalue weighted by Crippen LogP contribution is 2.22. The number of hydrogen-bond donors (Lipinski definition) is 1. The molecule has 23 heavy (non-hydrogen) atoms. The second-order valence-corrected chi connectivity index (χ2v) is 5.59. The predicted molar refractivity (Wildman–Crippen MR) is 81.9 cm³/mol. The van der Waals surface area contributed by atoms with Gasteiger partial charge in [-0.25, -0.2) is 4.68 Å². The van der Waals surface area contributed by atoms with Gasteiger partial charge in [0.25, 0.3) is 0 Å². The second-order valence-electron chi connectivity index (χ2n) is 4.64. The van der Waals surface area contributed by atoms with Crippen molar-refractivity contribution in [1.82, 2.24) is 15.0 Å². The van der Waals surface area contributed by atoms with Gasteiger partial charge in [0.05, 0.1) is 11.9 Å². The van der Waals surface area contributed by atoms with E-state index in [4.69, 9.17) is 5.73 Å². The van der Waals surface area contributed by atoms with Gasteiger partial charge < -0.3 is 9.92 Å². The number of halogens is 1. The first-order valence-electron chi connectivity index (χ1n) is 6.43. The number of aromatic nitrogens is 3. The first-order valence-corrected chi connectivity index (χ1v) is 7.74. The van der Waals surface area contributed by atoms with Crippen molar-refractivity contribution in [2.75, 3.05) is 5.73 Å². The van der Waals surface area contributed by atoms with E-state index >= 15 is 0 Å². The molecule has 1 heterocycles. The third-order valence-corrected chi connectivity index (χ3v) is 3.39. The lowest BCUT2D eigenvalue weighted by Gasteiger charge is -2.01. The van der Waals surface area contributed by atoms with Gasteiger partial charge in [0.2, 0.25) is 0 Å². The summed E-state index contributed by atoms with van der Waals surface area (Å²) in [4.78, 5) is 0. The highest BCUT2D eigenvalue weighted by atomic mass is 32.3. The Kier molecular flexibility index (Phi) is 3.70. The topological polar surface area (TPSA) is 100 Å². The SMILES string of the molecule is Nc1ccc(-n2cc(-c3ccc(OS(=O)(=O)F)cc3)nn2)cc1. The van der Waals surface area contributed by atoms with Crippen LogP contribution in [0.5, 0.6) is 5.75 Å². The molecule has 1 aromatic heterocycles. The molecule has 0 atom stereocenters. The van der Waals surface area contributed by atoms with E-state index in [0.717, 1.165) is 5.69 Å². The van der Waals surface area contributed by atoms with Crippen LogP contribution in [0.15, 0.2) is 54.7 Å². The number of nitrogens with two attached hydrogens (primary N) is 1. The van der Waals surface area contributed by atoms with Gasteiger partial charge in [-0.05, 0) is 48.5 Å². The van der Waals surface area contributed by atoms with Crippen LogP contribution in [0.3, 0.4) is 0 Å². The molecule has 0 spiro atoms. The third kappa shape index (κ3) is 3.64. The standard InChI is InChI=1S/C14H11FN4O3S/c15-23(20,21)22-13-7-1-10(2-8-13)14-9-19(18-17-14)12-5-3-11(16)4-6-12/h1-9H,16H2. The van der Waals surface area contributed by atoms with E-state index in [0.29, 0.717) is 16.9 Å². The van der Waals surface area contributed by atoms with E-state index in [1.54, 1.807) is 47.3 Å². The van der Waals surface area contributed by atoms with Gasteiger partial charge in [-0.3, -0.25) is 0 Å². The molecule has 0 fully saturated rings. The lowest BCUT2D eigenvalue weighted by molar-refractivity contribution is 0.440. The Labute approximate surface area is 131 Å². The zero-order valence-corrected chi connectivity index (χ0v) is 12.4. The number of hydrogen-bond acceptors (Lipinski definition) is 6. The summed E-state index contributed by atoms with van der Waals surface area (Å²) in [6.07, 6.45) is 1.70. The van der Waals surface area contributed by atoms with Crippen LogP contribution in [0.1, 0.15) is 0 Å². The van der Waals surface area contributed by atoms with Gasteiger partial charge in [0.1, 0.15) is 11.4 Å². The maximum absolute atomic E-state index is 12.4. The maximum atomic E-state index is 12.4. The Morgan fingerprint density at radius 3 is 2.30 bits per heavy atom. The Balaban J connectivity index is 1.84. The van der Waals surface area contributed by atoms with E-state index in [1.165, 1.54) is 12.1 Å². The first kappa shape index (κ1) is 15.0. The van der Waals surface area contributed by atoms with Gasteiger partial charge in [-0.2, -0.15) is 8.42 Å². The fourth-order valence-electron chi connectivity index (χ4n) is 1.95. The second kappa shape index (κ2) is 5.69. The average Bonchev–Trinajstić information content (AvgIpc) is 2.97. The summed E-state index contributed by atoms with van der Waals surface area (Å²) < 4.78 is 39.0. The van der Waals surface area contributed by atoms with Gasteiger partial charge in [0, 0.05) is 11.3 Å². The lowest BCUT2D eigenvalue weighted by atomic mass is 10.2. The number of benzene rings is 2. The van der Waals surface area contributed by atoms with Crippen LogP contribution < -0.4 is 9.92 Å². The summed E-state index contributed by atoms with van der Waals surface area (Å²) in [5, 5.41) is 8.05. The minimum atomic E-state index is -5.03. The van der Waals surface area contributed by atoms with E-state index < -0.39 is 10.5 Å². The molecule has 0 saturated heterocycles. The molecule has 0 aliphatic carbocycles. The summed E-state index contributed by atoms with van der Waals surface area (Å²) in [5.41, 5.74) is 8.31. The number of nitrogen functional groups attached to an aromatic ring is 1. The highest BCUT2D eigenvalue weighted by Gasteiger charge is 2.10. The number of nitrogens with zero attached hydrogens (tertiary/aromatic N) is 3. The van der Waals surface area contributed by atoms with Crippen molar-refractivity contribution in [2.24, 2.45) is 0 Å². The lowest BCUT2D eigenvalue weighted by Crippen LogP contribution is -2.00. The van der Waals surface area contributed by atoms with Crippen LogP contribution in [-0.2, 0) is 10.5 Å². The summed E-state index contributed by atoms with van der Waals surface area (Å²) >= 11 is 0. The van der Waals surface area contributed by atoms with E-state index in [9.17, 15) is 12.3 Å². The smallest absolute Gasteiger partial charge is 0.399 e. The average molecular weight is 334 g/mol. The summed E-state index contributed by atoms with van der Waals surface area (Å²) in [5.74, 6) is -0.123. The Morgan fingerprint density at radius 1 is 1.04 bits per heavy atom. The molecule has 118 valence electrons. The molecule has 9 heteroatoms. The minimum absolute atomic E-state index is 0.123. The third-order valence-electron chi connectivity index (χ3n) is 3.00. The van der Waals surface area contributed by atoms with E-state index in [1.807, 2.05) is 0 Å². The molecule has 0 aliphatic heterocycles. The first-order chi connectivity index (χ1) is 10.9. The Hall–Kier alpha value is -2.94. The van der Waals surface area contributed by atoms with Crippen molar-refractivity contribution in [2.45, 2.75) is 0 Å². The number of anilines is 1. The molecule has 0 saturated carbocycles. The fourth-order valence-corrected chi connectivity index (χ4v) is 2.29. The molecular formula is C14H11FN4O3S. The molecule has 7 nitrogen and oxygen atoms in total. The molecule has 2 aromatic carbocycles. The molecule has 0 unspecified atom stereocenters. The van der Waals surface area contributed by atoms with Crippen LogP contribution in [-0.4, -0.2) is 23.4 Å². The normalized spacial score (nSPS) is 11.3. The van der Waals surface area contributed by atoms with Gasteiger partial charge >= 0.3 is 10.5 Å². The summed E-state index contributed by atoms with van der Waals surface area (Å²) in [6, 6.07) is 12.9. The van der Waals surface area contributed by atoms with Crippen LogP contribution in [0.25, 0.3) is 16.9 Å². The minimum Gasteiger partial charge on any atom is -0.399 e. The van der Waals surface area contributed by atoms with Crippen LogP contribution in [0.4, 0.5) is 9.57 Å². The molecule has 0 bridgehead atoms. The van der Waals surface area contributed by atoms with Crippen molar-refractivity contribution >= 4 is 16.2 Å². The van der Waals surface area contributed by atoms with Gasteiger partial charge in [-0.1, -0.05) is 9.10 Å². The van der Waals surface area contributed by atoms with Crippen LogP contribution in [0, 0.1) is 0 Å². The van der Waals surface area contributed by atoms with Crippen molar-refractivity contribution < 1.29 is 16.5 Å². The van der Waals surface area contributed by atoms with Gasteiger partial charge in [0.15, 0.2) is 0 Å². The fraction of sp³-hybridized carbons (Fsp3) is 0. The summed E-state index contributed by atoms with van der Waals surface area (Å²) in [6.45, 7) is 0. The molecule has 0 radical (unpaired) electrons. The quantitative estimate of drug-likeness (QED) is 0.579. The molecule has 2 N–H and O–H groups in total. The van der Waals surface area contributed by atoms with Crippen molar-refractivity contribution in [3.8, 4) is 22.7 Å². The zero-order valence-electron chi connectivity index (χ0n) is 11.6. The Morgan fingerprint density at radius 2 is 1.70 bits per heavy atom. The van der Waals surface area contributed by atoms with E-state index in [-0.39, 0.29) is 5.75 Å². The molecule has 0 aliphatic rings. The summed E-state index contributed by atoms with van der Waals surface area (Å²) in [7, 11) is -5.03. The molecule has 0 amide bonds. The number of rotatable bonds is 4. The highest BCUT2D eigenvalue weighted by molar-refractivity contribution is 7.81. The monoisotopic (exact) mass is 334 g/mol. The Bertz CT molecular complexity index is 921. The van der Waals surface area contributed by atoms with Crippen molar-refractivity contribution in [1.29, 1.82) is 0 Å². The largest absolute Gasteiger partial charge is 0.488 e. The molecule has 3 rings (SSSR count). The predicted octanol–water partition coefficient (Wildman–Crippen LogP) is 2.11. The van der Waals surface area contributed by atoms with Crippen molar-refractivity contribution in [3.63, 3.8) is 0 Å². The van der Waals surface area contributed by atoms with Crippen LogP contribution >= 0.6 is 0 Å². The van der Waals surface area contributed by atoms with Crippen molar-refractivity contribution in [3.05, 3.63) is 54.7 Å².